The van der Waals surface area contributed by atoms with Crippen LogP contribution in [0.25, 0.3) is 113 Å². The van der Waals surface area contributed by atoms with Gasteiger partial charge < -0.3 is 19.4 Å². The summed E-state index contributed by atoms with van der Waals surface area (Å²) in [5.74, 6) is 0. The molecule has 338 valence electrons. The van der Waals surface area contributed by atoms with Crippen molar-refractivity contribution < 1.29 is 26.0 Å². The maximum Gasteiger partial charge on any atom is 2.00 e. The molecule has 0 amide bonds. The van der Waals surface area contributed by atoms with Crippen LogP contribution in [0.1, 0.15) is 42.6 Å². The van der Waals surface area contributed by atoms with Crippen molar-refractivity contribution >= 4 is 34.2 Å². The van der Waals surface area contributed by atoms with Gasteiger partial charge in [0.1, 0.15) is 0 Å². The molecule has 8 heteroatoms. The van der Waals surface area contributed by atoms with Crippen molar-refractivity contribution in [2.24, 2.45) is 0 Å². The Balaban J connectivity index is 0.00000520. The summed E-state index contributed by atoms with van der Waals surface area (Å²) in [6.45, 7) is 1.35. The number of fused-ring (bicyclic) bond motifs is 11. The predicted molar refractivity (Wildman–Crippen MR) is 275 cm³/mol. The SMILES string of the molecule is C1=Cc2nc1c(-c1ccccc1)c1ccc([n-]1)c(-c1ccccc1)c1nc(c(-c3ccccc3)c3ccc([n-]3)c2-c2ccccc2)-c2nc(-c3ccccc3)c(CCCOC3CCCCO3)cc2-1.[Ni+2]. The fraction of sp³-hybridized carbons (Fsp3) is 0.131. The maximum atomic E-state index is 6.29. The number of rotatable bonds is 10. The first-order valence-corrected chi connectivity index (χ1v) is 23.7. The largest absolute Gasteiger partial charge is 2.00 e. The molecule has 0 N–H and O–H groups in total. The van der Waals surface area contributed by atoms with Crippen molar-refractivity contribution in [3.05, 3.63) is 199 Å². The fourth-order valence-corrected chi connectivity index (χ4v) is 9.87. The van der Waals surface area contributed by atoms with Gasteiger partial charge in [0.2, 0.25) is 0 Å². The van der Waals surface area contributed by atoms with E-state index in [1.165, 1.54) is 0 Å². The number of ether oxygens (including phenoxy) is 2. The molecule has 12 rings (SSSR count). The first-order chi connectivity index (χ1) is 33.7. The van der Waals surface area contributed by atoms with Crippen molar-refractivity contribution in [3.8, 4) is 78.4 Å². The second-order valence-corrected chi connectivity index (χ2v) is 17.4. The summed E-state index contributed by atoms with van der Waals surface area (Å²) in [5.41, 5.74) is 19.1. The minimum atomic E-state index is -0.142. The molecule has 1 atom stereocenters. The second-order valence-electron chi connectivity index (χ2n) is 17.4. The number of nitrogens with zero attached hydrogens (tertiary/aromatic N) is 5. The summed E-state index contributed by atoms with van der Waals surface area (Å²) < 4.78 is 12.2. The van der Waals surface area contributed by atoms with E-state index in [1.54, 1.807) is 0 Å². The number of hydrogen-bond acceptors (Lipinski definition) is 5. The van der Waals surface area contributed by atoms with Crippen molar-refractivity contribution in [2.45, 2.75) is 38.4 Å². The van der Waals surface area contributed by atoms with Crippen LogP contribution in [0.4, 0.5) is 0 Å². The van der Waals surface area contributed by atoms with E-state index in [-0.39, 0.29) is 22.8 Å². The van der Waals surface area contributed by atoms with Gasteiger partial charge in [-0.1, -0.05) is 176 Å². The molecule has 4 aromatic heterocycles. The first kappa shape index (κ1) is 44.1. The molecular formula is C61H47N5NiO2. The monoisotopic (exact) mass is 939 g/mol. The van der Waals surface area contributed by atoms with E-state index in [2.05, 4.69) is 176 Å². The Bertz CT molecular complexity index is 3480. The average molecular weight is 941 g/mol. The van der Waals surface area contributed by atoms with Gasteiger partial charge in [-0.3, -0.25) is 0 Å². The van der Waals surface area contributed by atoms with Crippen LogP contribution < -0.4 is 9.97 Å². The Morgan fingerprint density at radius 1 is 0.464 bits per heavy atom. The van der Waals surface area contributed by atoms with E-state index in [4.69, 9.17) is 34.4 Å². The molecule has 0 radical (unpaired) electrons. The van der Waals surface area contributed by atoms with Gasteiger partial charge in [-0.15, -0.1) is 22.1 Å². The molecule has 69 heavy (non-hydrogen) atoms. The third-order valence-corrected chi connectivity index (χ3v) is 13.1. The topological polar surface area (TPSA) is 85.3 Å². The van der Waals surface area contributed by atoms with Gasteiger partial charge in [0, 0.05) is 17.7 Å². The van der Waals surface area contributed by atoms with Crippen LogP contribution in [0.3, 0.4) is 0 Å². The van der Waals surface area contributed by atoms with Gasteiger partial charge in [0.05, 0.1) is 40.8 Å². The average Bonchev–Trinajstić information content (AvgIpc) is 4.25. The van der Waals surface area contributed by atoms with Crippen molar-refractivity contribution in [2.75, 3.05) is 13.2 Å². The van der Waals surface area contributed by atoms with E-state index in [0.717, 1.165) is 156 Å². The van der Waals surface area contributed by atoms with E-state index >= 15 is 0 Å². The zero-order valence-corrected chi connectivity index (χ0v) is 38.9. The van der Waals surface area contributed by atoms with Crippen molar-refractivity contribution in [1.82, 2.24) is 24.9 Å². The Morgan fingerprint density at radius 2 is 0.913 bits per heavy atom. The molecule has 0 saturated carbocycles. The quantitative estimate of drug-likeness (QED) is 0.0997. The zero-order valence-electron chi connectivity index (χ0n) is 37.9. The van der Waals surface area contributed by atoms with Crippen LogP contribution >= 0.6 is 0 Å². The Labute approximate surface area is 412 Å². The summed E-state index contributed by atoms with van der Waals surface area (Å²) in [4.78, 5) is 28.1. The fourth-order valence-electron chi connectivity index (χ4n) is 9.87. The third kappa shape index (κ3) is 8.68. The number of pyridine rings is 1. The Hall–Kier alpha value is -7.48. The van der Waals surface area contributed by atoms with Crippen LogP contribution in [-0.2, 0) is 32.4 Å². The van der Waals surface area contributed by atoms with Crippen LogP contribution in [0.15, 0.2) is 182 Å². The number of aryl methyl sites for hydroxylation is 1. The van der Waals surface area contributed by atoms with Gasteiger partial charge in [0.15, 0.2) is 6.29 Å². The molecule has 3 aliphatic heterocycles. The molecule has 7 nitrogen and oxygen atoms in total. The third-order valence-electron chi connectivity index (χ3n) is 13.1. The van der Waals surface area contributed by atoms with Gasteiger partial charge in [-0.25, -0.2) is 15.0 Å². The molecule has 1 saturated heterocycles. The van der Waals surface area contributed by atoms with Crippen LogP contribution in [0.5, 0.6) is 0 Å². The van der Waals surface area contributed by atoms with Gasteiger partial charge in [-0.2, -0.15) is 0 Å². The molecule has 9 aromatic rings. The van der Waals surface area contributed by atoms with E-state index in [9.17, 15) is 0 Å². The minimum absolute atomic E-state index is 0. The van der Waals surface area contributed by atoms with Gasteiger partial charge >= 0.3 is 16.5 Å². The molecule has 1 fully saturated rings. The normalized spacial score (nSPS) is 14.0. The van der Waals surface area contributed by atoms with Gasteiger partial charge in [-0.05, 0) is 100 Å². The predicted octanol–water partition coefficient (Wildman–Crippen LogP) is 14.3. The molecule has 0 spiro atoms. The summed E-state index contributed by atoms with van der Waals surface area (Å²) in [6, 6.07) is 63.3. The number of aromatic nitrogens is 5. The number of benzene rings is 5. The number of hydrogen-bond donors (Lipinski definition) is 0. The molecule has 5 aromatic carbocycles. The Morgan fingerprint density at radius 3 is 1.41 bits per heavy atom. The minimum Gasteiger partial charge on any atom is -0.657 e. The smallest absolute Gasteiger partial charge is 0.657 e. The van der Waals surface area contributed by atoms with E-state index in [0.29, 0.717) is 6.61 Å². The van der Waals surface area contributed by atoms with Crippen molar-refractivity contribution in [1.29, 1.82) is 0 Å². The second kappa shape index (κ2) is 19.6. The Kier molecular flexibility index (Phi) is 12.5. The van der Waals surface area contributed by atoms with Crippen LogP contribution in [0.2, 0.25) is 0 Å². The molecule has 7 heterocycles. The summed E-state index contributed by atoms with van der Waals surface area (Å²) in [7, 11) is 0. The van der Waals surface area contributed by atoms with E-state index < -0.39 is 0 Å². The molecule has 0 aliphatic carbocycles. The standard InChI is InChI=1S/C61H47N5O2.Ni/c1-6-19-40(20-7-1)54-47-31-32-48(62-47)55(41-21-8-2-9-22-41)50-34-36-52(64-50)57(43-25-12-4-13-26-43)61-60-46(59(66-61)56(42-23-10-3-11-24-42)51-35-33-49(54)63-51)39-45(58(65-60)44-27-14-5-15-28-44)29-18-38-68-53-30-16-17-37-67-53;/h1-15,19-28,31-36,39,53H,16-18,29-30,37-38H2;/q-2;+2. The maximum absolute atomic E-state index is 6.29. The van der Waals surface area contributed by atoms with Gasteiger partial charge in [0.25, 0.3) is 0 Å². The van der Waals surface area contributed by atoms with E-state index in [1.807, 2.05) is 18.2 Å². The summed E-state index contributed by atoms with van der Waals surface area (Å²) in [5, 5.41) is 0. The summed E-state index contributed by atoms with van der Waals surface area (Å²) in [6.07, 6.45) is 8.80. The van der Waals surface area contributed by atoms with Crippen LogP contribution in [-0.4, -0.2) is 34.5 Å². The molecular weight excluding hydrogens is 893 g/mol. The molecule has 1 unspecified atom stereocenters. The molecule has 3 aliphatic rings. The zero-order chi connectivity index (χ0) is 45.2. The molecule has 8 bridgehead atoms. The first-order valence-electron chi connectivity index (χ1n) is 23.7. The summed E-state index contributed by atoms with van der Waals surface area (Å²) >= 11 is 0. The van der Waals surface area contributed by atoms with Crippen molar-refractivity contribution in [3.63, 3.8) is 0 Å². The van der Waals surface area contributed by atoms with Crippen LogP contribution in [0, 0.1) is 0 Å².